The number of hydrogen-bond acceptors (Lipinski definition) is 0. The van der Waals surface area contributed by atoms with Crippen molar-refractivity contribution in [3.63, 3.8) is 0 Å². The molecule has 0 heterocycles. The summed E-state index contributed by atoms with van der Waals surface area (Å²) in [5.41, 5.74) is 0. The second-order valence-electron chi connectivity index (χ2n) is 12.8. The van der Waals surface area contributed by atoms with E-state index in [0.717, 1.165) is 17.8 Å². The predicted molar refractivity (Wildman–Crippen MR) is 159 cm³/mol. The number of unbranched alkanes of at least 4 members (excludes halogenated alkanes) is 20. The molecule has 0 amide bonds. The van der Waals surface area contributed by atoms with E-state index in [0.29, 0.717) is 0 Å². The van der Waals surface area contributed by atoms with Gasteiger partial charge in [0.2, 0.25) is 0 Å². The maximum atomic E-state index is 2.50. The lowest BCUT2D eigenvalue weighted by molar-refractivity contribution is 0.429. The largest absolute Gasteiger partial charge is 0.0628 e. The van der Waals surface area contributed by atoms with Gasteiger partial charge in [0.25, 0.3) is 0 Å². The molecule has 0 spiro atoms. The minimum atomic E-state index is 0.895. The van der Waals surface area contributed by atoms with Crippen molar-refractivity contribution in [2.45, 2.75) is 202 Å². The van der Waals surface area contributed by atoms with Gasteiger partial charge in [0.15, 0.2) is 0 Å². The maximum Gasteiger partial charge on any atom is -0.0443 e. The third-order valence-corrected chi connectivity index (χ3v) is 7.96. The van der Waals surface area contributed by atoms with Gasteiger partial charge in [-0.3, -0.25) is 0 Å². The van der Waals surface area contributed by atoms with Crippen molar-refractivity contribution < 1.29 is 0 Å². The lowest BCUT2D eigenvalue weighted by Crippen LogP contribution is -1.95. The topological polar surface area (TPSA) is 0 Å². The number of rotatable bonds is 28. The van der Waals surface area contributed by atoms with Crippen molar-refractivity contribution in [1.82, 2.24) is 0 Å². The fourth-order valence-corrected chi connectivity index (χ4v) is 5.42. The van der Waals surface area contributed by atoms with Gasteiger partial charge in [0.05, 0.1) is 0 Å². The first kappa shape index (κ1) is 34.0. The van der Waals surface area contributed by atoms with Crippen molar-refractivity contribution in [2.24, 2.45) is 17.8 Å². The van der Waals surface area contributed by atoms with Crippen molar-refractivity contribution in [1.29, 1.82) is 0 Å². The highest BCUT2D eigenvalue weighted by Gasteiger charge is 2.02. The van der Waals surface area contributed by atoms with Gasteiger partial charge < -0.3 is 0 Å². The fraction of sp³-hybridized carbons (Fsp3) is 1.00. The van der Waals surface area contributed by atoms with Crippen molar-refractivity contribution >= 4 is 0 Å². The molecule has 0 fully saturated rings. The van der Waals surface area contributed by atoms with Crippen LogP contribution in [-0.2, 0) is 0 Å². The van der Waals surface area contributed by atoms with Crippen molar-refractivity contribution in [3.05, 3.63) is 0 Å². The molecule has 0 heteroatoms. The van der Waals surface area contributed by atoms with Gasteiger partial charge in [-0.2, -0.15) is 0 Å². The zero-order valence-corrected chi connectivity index (χ0v) is 25.1. The van der Waals surface area contributed by atoms with Gasteiger partial charge in [-0.15, -0.1) is 0 Å². The van der Waals surface area contributed by atoms with Crippen LogP contribution >= 0.6 is 0 Å². The highest BCUT2D eigenvalue weighted by atomic mass is 14.1. The average molecular weight is 479 g/mol. The molecule has 0 aliphatic heterocycles. The predicted octanol–water partition coefficient (Wildman–Crippen LogP) is 13.1. The minimum absolute atomic E-state index is 0.895. The van der Waals surface area contributed by atoms with E-state index in [9.17, 15) is 0 Å². The lowest BCUT2D eigenvalue weighted by atomic mass is 9.95. The molecular weight excluding hydrogens is 408 g/mol. The maximum absolute atomic E-state index is 2.50. The Labute approximate surface area is 219 Å². The third kappa shape index (κ3) is 30.0. The van der Waals surface area contributed by atoms with Crippen LogP contribution in [0.25, 0.3) is 0 Å². The van der Waals surface area contributed by atoms with E-state index in [4.69, 9.17) is 0 Å². The quantitative estimate of drug-likeness (QED) is 0.0980. The molecule has 0 radical (unpaired) electrons. The highest BCUT2D eigenvalue weighted by molar-refractivity contribution is 4.57. The molecule has 0 aromatic carbocycles. The van der Waals surface area contributed by atoms with E-state index in [1.807, 2.05) is 0 Å². The molecule has 206 valence electrons. The minimum Gasteiger partial charge on any atom is -0.0628 e. The van der Waals surface area contributed by atoms with Gasteiger partial charge >= 0.3 is 0 Å². The van der Waals surface area contributed by atoms with Gasteiger partial charge in [-0.25, -0.2) is 0 Å². The van der Waals surface area contributed by atoms with E-state index in [-0.39, 0.29) is 0 Å². The summed E-state index contributed by atoms with van der Waals surface area (Å²) in [7, 11) is 0. The monoisotopic (exact) mass is 479 g/mol. The molecule has 0 aliphatic rings. The summed E-state index contributed by atoms with van der Waals surface area (Å²) >= 11 is 0. The first-order valence-corrected chi connectivity index (χ1v) is 16.5. The second-order valence-corrected chi connectivity index (χ2v) is 12.8. The summed E-state index contributed by atoms with van der Waals surface area (Å²) in [5, 5.41) is 0. The summed E-state index contributed by atoms with van der Waals surface area (Å²) in [6, 6.07) is 0. The van der Waals surface area contributed by atoms with Gasteiger partial charge in [0, 0.05) is 0 Å². The SMILES string of the molecule is CC(C)CCCCCCCCCCCCCCC(C)CCCCCCCCCCCCC(C)C. The molecule has 34 heavy (non-hydrogen) atoms. The summed E-state index contributed by atoms with van der Waals surface area (Å²) < 4.78 is 0. The molecule has 1 atom stereocenters. The van der Waals surface area contributed by atoms with E-state index >= 15 is 0 Å². The smallest absolute Gasteiger partial charge is 0.0443 e. The molecule has 0 saturated carbocycles. The Bertz CT molecular complexity index is 355. The zero-order chi connectivity index (χ0) is 25.1. The van der Waals surface area contributed by atoms with Gasteiger partial charge in [-0.05, 0) is 17.8 Å². The fourth-order valence-electron chi connectivity index (χ4n) is 5.42. The van der Waals surface area contributed by atoms with Crippen LogP contribution in [0.5, 0.6) is 0 Å². The molecule has 0 aliphatic carbocycles. The van der Waals surface area contributed by atoms with E-state index < -0.39 is 0 Å². The van der Waals surface area contributed by atoms with Crippen LogP contribution in [0.3, 0.4) is 0 Å². The van der Waals surface area contributed by atoms with Crippen LogP contribution in [0.2, 0.25) is 0 Å². The number of hydrogen-bond donors (Lipinski definition) is 0. The summed E-state index contributed by atoms with van der Waals surface area (Å²) in [6.45, 7) is 11.9. The van der Waals surface area contributed by atoms with Crippen LogP contribution in [0.4, 0.5) is 0 Å². The summed E-state index contributed by atoms with van der Waals surface area (Å²) in [5.74, 6) is 2.75. The third-order valence-electron chi connectivity index (χ3n) is 7.96. The first-order valence-electron chi connectivity index (χ1n) is 16.5. The van der Waals surface area contributed by atoms with Crippen molar-refractivity contribution in [2.75, 3.05) is 0 Å². The Morgan fingerprint density at radius 1 is 0.235 bits per heavy atom. The first-order chi connectivity index (χ1) is 16.5. The van der Waals surface area contributed by atoms with Crippen LogP contribution in [0, 0.1) is 17.8 Å². The average Bonchev–Trinajstić information content (AvgIpc) is 2.79. The zero-order valence-electron chi connectivity index (χ0n) is 25.1. The Hall–Kier alpha value is 0. The molecule has 0 saturated heterocycles. The van der Waals surface area contributed by atoms with E-state index in [1.54, 1.807) is 0 Å². The molecule has 0 N–H and O–H groups in total. The Morgan fingerprint density at radius 2 is 0.412 bits per heavy atom. The summed E-state index contributed by atoms with van der Waals surface area (Å²) in [4.78, 5) is 0. The molecule has 0 bridgehead atoms. The molecule has 1 unspecified atom stereocenters. The van der Waals surface area contributed by atoms with Crippen LogP contribution in [0.15, 0.2) is 0 Å². The highest BCUT2D eigenvalue weighted by Crippen LogP contribution is 2.20. The normalized spacial score (nSPS) is 12.8. The van der Waals surface area contributed by atoms with E-state index in [2.05, 4.69) is 34.6 Å². The van der Waals surface area contributed by atoms with Crippen LogP contribution in [-0.4, -0.2) is 0 Å². The van der Waals surface area contributed by atoms with Crippen LogP contribution < -0.4 is 0 Å². The molecular formula is C34H70. The molecule has 0 nitrogen and oxygen atoms in total. The molecule has 0 aromatic rings. The Morgan fingerprint density at radius 3 is 0.618 bits per heavy atom. The van der Waals surface area contributed by atoms with Gasteiger partial charge in [0.1, 0.15) is 0 Å². The van der Waals surface area contributed by atoms with Crippen LogP contribution in [0.1, 0.15) is 202 Å². The second kappa shape index (κ2) is 27.6. The van der Waals surface area contributed by atoms with E-state index in [1.165, 1.54) is 167 Å². The molecule has 0 rings (SSSR count). The van der Waals surface area contributed by atoms with Crippen molar-refractivity contribution in [3.8, 4) is 0 Å². The Balaban J connectivity index is 3.15. The molecule has 0 aromatic heterocycles. The van der Waals surface area contributed by atoms with Gasteiger partial charge in [-0.1, -0.05) is 202 Å². The lowest BCUT2D eigenvalue weighted by Gasteiger charge is -2.11. The summed E-state index contributed by atoms with van der Waals surface area (Å²) in [6.07, 6.45) is 38.3. The Kier molecular flexibility index (Phi) is 27.6. The standard InChI is InChI=1S/C34H70/c1-32(2)28-24-20-16-12-8-6-7-9-14-18-22-26-30-34(5)31-27-23-19-15-11-10-13-17-21-25-29-33(3)4/h32-34H,6-31H2,1-5H3.